The SMILES string of the molecule is COC(=O)[C@@H]1[C@@]2(C)CN=N[C@@]12c1ccccc1. The average Bonchev–Trinajstić information content (AvgIpc) is 2.72. The molecule has 3 rings (SSSR count). The number of hydrogen-bond acceptors (Lipinski definition) is 4. The Hall–Kier alpha value is -1.71. The van der Waals surface area contributed by atoms with Crippen LogP contribution in [0.25, 0.3) is 0 Å². The molecule has 4 nitrogen and oxygen atoms in total. The van der Waals surface area contributed by atoms with E-state index < -0.39 is 5.54 Å². The summed E-state index contributed by atoms with van der Waals surface area (Å²) < 4.78 is 4.88. The normalized spacial score (nSPS) is 37.6. The summed E-state index contributed by atoms with van der Waals surface area (Å²) in [6.07, 6.45) is 0. The van der Waals surface area contributed by atoms with Crippen LogP contribution in [0.1, 0.15) is 12.5 Å². The Balaban J connectivity index is 2.08. The molecule has 1 saturated carbocycles. The maximum Gasteiger partial charge on any atom is 0.312 e. The molecule has 1 aromatic rings. The second kappa shape index (κ2) is 3.15. The molecule has 0 amide bonds. The third-order valence-corrected chi connectivity index (χ3v) is 4.12. The van der Waals surface area contributed by atoms with Crippen molar-refractivity contribution in [3.8, 4) is 0 Å². The van der Waals surface area contributed by atoms with Crippen molar-refractivity contribution in [3.05, 3.63) is 35.9 Å². The Morgan fingerprint density at radius 3 is 2.76 bits per heavy atom. The van der Waals surface area contributed by atoms with Crippen LogP contribution in [0, 0.1) is 11.3 Å². The van der Waals surface area contributed by atoms with Gasteiger partial charge in [0.15, 0.2) is 0 Å². The third-order valence-electron chi connectivity index (χ3n) is 4.12. The van der Waals surface area contributed by atoms with Crippen molar-refractivity contribution < 1.29 is 9.53 Å². The molecule has 1 aliphatic carbocycles. The van der Waals surface area contributed by atoms with Gasteiger partial charge in [-0.15, -0.1) is 0 Å². The minimum absolute atomic E-state index is 0.185. The first-order valence-corrected chi connectivity index (χ1v) is 5.69. The van der Waals surface area contributed by atoms with Gasteiger partial charge in [-0.25, -0.2) is 0 Å². The zero-order valence-corrected chi connectivity index (χ0v) is 9.88. The van der Waals surface area contributed by atoms with Crippen LogP contribution in [-0.4, -0.2) is 19.6 Å². The number of hydrogen-bond donors (Lipinski definition) is 0. The lowest BCUT2D eigenvalue weighted by Crippen LogP contribution is -2.14. The Kier molecular flexibility index (Phi) is 1.94. The van der Waals surface area contributed by atoms with Gasteiger partial charge in [0.1, 0.15) is 5.54 Å². The molecular formula is C13H14N2O2. The van der Waals surface area contributed by atoms with Crippen LogP contribution in [0.4, 0.5) is 0 Å². The van der Waals surface area contributed by atoms with Crippen molar-refractivity contribution >= 4 is 5.97 Å². The van der Waals surface area contributed by atoms with Gasteiger partial charge in [-0.3, -0.25) is 4.79 Å². The molecule has 0 N–H and O–H groups in total. The first kappa shape index (κ1) is 10.4. The second-order valence-corrected chi connectivity index (χ2v) is 4.91. The molecule has 1 heterocycles. The van der Waals surface area contributed by atoms with Gasteiger partial charge in [0.05, 0.1) is 19.6 Å². The van der Waals surface area contributed by atoms with Crippen LogP contribution >= 0.6 is 0 Å². The van der Waals surface area contributed by atoms with Gasteiger partial charge >= 0.3 is 5.97 Å². The first-order valence-electron chi connectivity index (χ1n) is 5.69. The van der Waals surface area contributed by atoms with E-state index in [4.69, 9.17) is 4.74 Å². The summed E-state index contributed by atoms with van der Waals surface area (Å²) in [7, 11) is 1.43. The molecule has 88 valence electrons. The maximum absolute atomic E-state index is 11.8. The topological polar surface area (TPSA) is 51.0 Å². The van der Waals surface area contributed by atoms with Crippen molar-refractivity contribution in [1.29, 1.82) is 0 Å². The Bertz CT molecular complexity index is 499. The quantitative estimate of drug-likeness (QED) is 0.731. The number of carbonyl (C=O) groups is 1. The van der Waals surface area contributed by atoms with Gasteiger partial charge in [0, 0.05) is 5.41 Å². The number of benzene rings is 1. The van der Waals surface area contributed by atoms with Crippen LogP contribution in [-0.2, 0) is 15.1 Å². The number of nitrogens with zero attached hydrogens (tertiary/aromatic N) is 2. The number of carbonyl (C=O) groups excluding carboxylic acids is 1. The highest BCUT2D eigenvalue weighted by Gasteiger charge is 2.81. The number of azo groups is 1. The zero-order chi connectivity index (χ0) is 12.1. The Morgan fingerprint density at radius 1 is 1.41 bits per heavy atom. The van der Waals surface area contributed by atoms with Gasteiger partial charge in [-0.2, -0.15) is 10.2 Å². The molecule has 2 aliphatic rings. The summed E-state index contributed by atoms with van der Waals surface area (Å²) >= 11 is 0. The number of fused-ring (bicyclic) bond motifs is 1. The van der Waals surface area contributed by atoms with E-state index in [0.29, 0.717) is 6.54 Å². The zero-order valence-electron chi connectivity index (χ0n) is 9.88. The van der Waals surface area contributed by atoms with Gasteiger partial charge in [0.2, 0.25) is 0 Å². The molecule has 1 fully saturated rings. The van der Waals surface area contributed by atoms with E-state index in [1.165, 1.54) is 7.11 Å². The van der Waals surface area contributed by atoms with E-state index >= 15 is 0 Å². The number of methoxy groups -OCH3 is 1. The molecule has 4 heteroatoms. The lowest BCUT2D eigenvalue weighted by molar-refractivity contribution is -0.143. The van der Waals surface area contributed by atoms with Crippen molar-refractivity contribution in [2.75, 3.05) is 13.7 Å². The van der Waals surface area contributed by atoms with E-state index in [9.17, 15) is 4.79 Å². The molecule has 1 aliphatic heterocycles. The molecule has 0 aromatic heterocycles. The lowest BCUT2D eigenvalue weighted by atomic mass is 9.97. The van der Waals surface area contributed by atoms with E-state index in [-0.39, 0.29) is 17.3 Å². The molecule has 3 atom stereocenters. The van der Waals surface area contributed by atoms with E-state index in [1.54, 1.807) is 0 Å². The molecule has 0 radical (unpaired) electrons. The van der Waals surface area contributed by atoms with Crippen LogP contribution < -0.4 is 0 Å². The maximum atomic E-state index is 11.8. The standard InChI is InChI=1S/C13H14N2O2/c1-12-8-14-15-13(12,10(12)11(16)17-2)9-6-4-3-5-7-9/h3-7,10H,8H2,1-2H3/t10-,12-,13+/m1/s1. The van der Waals surface area contributed by atoms with Crippen LogP contribution in [0.2, 0.25) is 0 Å². The van der Waals surface area contributed by atoms with Crippen molar-refractivity contribution in [2.45, 2.75) is 12.5 Å². The number of esters is 1. The van der Waals surface area contributed by atoms with E-state index in [0.717, 1.165) is 5.56 Å². The van der Waals surface area contributed by atoms with Crippen LogP contribution in [0.3, 0.4) is 0 Å². The molecule has 0 bridgehead atoms. The summed E-state index contributed by atoms with van der Waals surface area (Å²) in [5.41, 5.74) is 0.363. The third kappa shape index (κ3) is 1.05. The molecule has 0 unspecified atom stereocenters. The summed E-state index contributed by atoms with van der Waals surface area (Å²) in [5.74, 6) is -0.380. The second-order valence-electron chi connectivity index (χ2n) is 4.91. The largest absolute Gasteiger partial charge is 0.469 e. The van der Waals surface area contributed by atoms with Crippen LogP contribution in [0.5, 0.6) is 0 Å². The monoisotopic (exact) mass is 230 g/mol. The average molecular weight is 230 g/mol. The van der Waals surface area contributed by atoms with Gasteiger partial charge in [-0.05, 0) is 5.56 Å². The highest BCUT2D eigenvalue weighted by Crippen LogP contribution is 2.73. The predicted molar refractivity (Wildman–Crippen MR) is 61.5 cm³/mol. The fraction of sp³-hybridized carbons (Fsp3) is 0.462. The molecular weight excluding hydrogens is 216 g/mol. The summed E-state index contributed by atoms with van der Waals surface area (Å²) in [4.78, 5) is 11.8. The van der Waals surface area contributed by atoms with Crippen molar-refractivity contribution in [3.63, 3.8) is 0 Å². The minimum atomic E-state index is -0.485. The van der Waals surface area contributed by atoms with Crippen molar-refractivity contribution in [2.24, 2.45) is 21.6 Å². The highest BCUT2D eigenvalue weighted by molar-refractivity contribution is 5.82. The first-order chi connectivity index (χ1) is 8.17. The van der Waals surface area contributed by atoms with Gasteiger partial charge in [-0.1, -0.05) is 37.3 Å². The van der Waals surface area contributed by atoms with Crippen molar-refractivity contribution in [1.82, 2.24) is 0 Å². The van der Waals surface area contributed by atoms with Gasteiger partial charge < -0.3 is 4.74 Å². The van der Waals surface area contributed by atoms with Crippen LogP contribution in [0.15, 0.2) is 40.6 Å². The van der Waals surface area contributed by atoms with Gasteiger partial charge in [0.25, 0.3) is 0 Å². The number of ether oxygens (including phenoxy) is 1. The Morgan fingerprint density at radius 2 is 2.12 bits per heavy atom. The summed E-state index contributed by atoms with van der Waals surface area (Å²) in [6, 6.07) is 9.90. The lowest BCUT2D eigenvalue weighted by Gasteiger charge is -2.10. The van der Waals surface area contributed by atoms with E-state index in [2.05, 4.69) is 17.2 Å². The number of rotatable bonds is 2. The minimum Gasteiger partial charge on any atom is -0.469 e. The molecule has 0 saturated heterocycles. The molecule has 17 heavy (non-hydrogen) atoms. The smallest absolute Gasteiger partial charge is 0.312 e. The highest BCUT2D eigenvalue weighted by atomic mass is 16.5. The fourth-order valence-corrected chi connectivity index (χ4v) is 3.13. The molecule has 0 spiro atoms. The predicted octanol–water partition coefficient (Wildman–Crippen LogP) is 2.16. The Labute approximate surface area is 99.7 Å². The van der Waals surface area contributed by atoms with E-state index in [1.807, 2.05) is 30.3 Å². The molecule has 1 aromatic carbocycles. The summed E-state index contributed by atoms with van der Waals surface area (Å²) in [6.45, 7) is 2.66. The summed E-state index contributed by atoms with van der Waals surface area (Å²) in [5, 5.41) is 8.48. The fourth-order valence-electron chi connectivity index (χ4n) is 3.13.